The van der Waals surface area contributed by atoms with E-state index in [4.69, 9.17) is 19.9 Å². The van der Waals surface area contributed by atoms with E-state index in [9.17, 15) is 0 Å². The Labute approximate surface area is 97.8 Å². The van der Waals surface area contributed by atoms with Crippen LogP contribution in [0.2, 0.25) is 0 Å². The smallest absolute Gasteiger partial charge is 0.283 e. The van der Waals surface area contributed by atoms with Crippen LogP contribution in [0.3, 0.4) is 0 Å². The molecule has 0 aliphatic carbocycles. The van der Waals surface area contributed by atoms with Crippen LogP contribution in [-0.4, -0.2) is 60.0 Å². The summed E-state index contributed by atoms with van der Waals surface area (Å²) < 4.78 is 15.5. The van der Waals surface area contributed by atoms with Crippen molar-refractivity contribution in [2.75, 3.05) is 54.1 Å². The molecule has 0 saturated heterocycles. The van der Waals surface area contributed by atoms with Crippen molar-refractivity contribution in [3.8, 4) is 0 Å². The number of ether oxygens (including phenoxy) is 3. The lowest BCUT2D eigenvalue weighted by Crippen LogP contribution is -2.40. The van der Waals surface area contributed by atoms with Crippen LogP contribution in [0.25, 0.3) is 0 Å². The summed E-state index contributed by atoms with van der Waals surface area (Å²) >= 11 is 0. The van der Waals surface area contributed by atoms with Gasteiger partial charge in [0.15, 0.2) is 0 Å². The van der Waals surface area contributed by atoms with E-state index in [0.29, 0.717) is 13.0 Å². The first-order valence-electron chi connectivity index (χ1n) is 5.51. The van der Waals surface area contributed by atoms with Crippen molar-refractivity contribution >= 4 is 0 Å². The zero-order chi connectivity index (χ0) is 12.3. The van der Waals surface area contributed by atoms with E-state index in [-0.39, 0.29) is 0 Å². The van der Waals surface area contributed by atoms with Crippen molar-refractivity contribution in [2.24, 2.45) is 5.73 Å². The van der Waals surface area contributed by atoms with E-state index in [1.807, 2.05) is 0 Å². The van der Waals surface area contributed by atoms with Gasteiger partial charge in [0.25, 0.3) is 5.97 Å². The number of methoxy groups -OCH3 is 3. The summed E-state index contributed by atoms with van der Waals surface area (Å²) in [7, 11) is 4.70. The summed E-state index contributed by atoms with van der Waals surface area (Å²) in [5.74, 6) is -0.933. The van der Waals surface area contributed by atoms with Gasteiger partial charge in [0, 0.05) is 60.5 Å². The fourth-order valence-electron chi connectivity index (χ4n) is 1.33. The molecule has 0 aliphatic rings. The fourth-order valence-corrected chi connectivity index (χ4v) is 1.33. The lowest BCUT2D eigenvalue weighted by Gasteiger charge is -2.28. The number of rotatable bonds is 11. The molecule has 0 saturated carbocycles. The molecular weight excluding hydrogens is 210 g/mol. The van der Waals surface area contributed by atoms with Crippen LogP contribution < -0.4 is 16.4 Å². The molecule has 6 heteroatoms. The average molecular weight is 235 g/mol. The van der Waals surface area contributed by atoms with Crippen molar-refractivity contribution in [3.63, 3.8) is 0 Å². The van der Waals surface area contributed by atoms with Crippen molar-refractivity contribution in [1.29, 1.82) is 0 Å². The Morgan fingerprint density at radius 3 is 1.81 bits per heavy atom. The average Bonchev–Trinajstić information content (AvgIpc) is 2.34. The zero-order valence-electron chi connectivity index (χ0n) is 10.5. The highest BCUT2D eigenvalue weighted by atomic mass is 16.9. The molecule has 0 unspecified atom stereocenters. The van der Waals surface area contributed by atoms with Gasteiger partial charge in [0.05, 0.1) is 0 Å². The van der Waals surface area contributed by atoms with Crippen molar-refractivity contribution in [3.05, 3.63) is 0 Å². The van der Waals surface area contributed by atoms with Gasteiger partial charge in [-0.15, -0.1) is 0 Å². The topological polar surface area (TPSA) is 77.8 Å². The molecule has 0 fully saturated rings. The highest BCUT2D eigenvalue weighted by Gasteiger charge is 2.28. The predicted octanol–water partition coefficient (Wildman–Crippen LogP) is -0.893. The van der Waals surface area contributed by atoms with Gasteiger partial charge < -0.3 is 30.6 Å². The molecular formula is C10H25N3O3. The van der Waals surface area contributed by atoms with Crippen LogP contribution in [0.15, 0.2) is 0 Å². The molecule has 0 aromatic rings. The van der Waals surface area contributed by atoms with Gasteiger partial charge in [-0.25, -0.2) is 0 Å². The molecule has 4 N–H and O–H groups in total. The molecule has 0 bridgehead atoms. The molecule has 0 rings (SSSR count). The molecule has 0 heterocycles. The fraction of sp³-hybridized carbons (Fsp3) is 1.00. The first-order valence-corrected chi connectivity index (χ1v) is 5.51. The second kappa shape index (κ2) is 9.95. The normalized spacial score (nSPS) is 12.0. The van der Waals surface area contributed by atoms with Gasteiger partial charge in [-0.05, 0) is 0 Å². The lowest BCUT2D eigenvalue weighted by atomic mass is 10.3. The Morgan fingerprint density at radius 1 is 0.875 bits per heavy atom. The highest BCUT2D eigenvalue weighted by Crippen LogP contribution is 2.15. The zero-order valence-corrected chi connectivity index (χ0v) is 10.5. The summed E-state index contributed by atoms with van der Waals surface area (Å²) in [4.78, 5) is 0. The molecule has 6 nitrogen and oxygen atoms in total. The van der Waals surface area contributed by atoms with Crippen molar-refractivity contribution in [2.45, 2.75) is 12.4 Å². The van der Waals surface area contributed by atoms with Gasteiger partial charge >= 0.3 is 0 Å². The highest BCUT2D eigenvalue weighted by molar-refractivity contribution is 4.60. The van der Waals surface area contributed by atoms with Gasteiger partial charge in [0.2, 0.25) is 0 Å². The molecule has 98 valence electrons. The first-order chi connectivity index (χ1) is 7.74. The van der Waals surface area contributed by atoms with Crippen LogP contribution >= 0.6 is 0 Å². The minimum atomic E-state index is -0.933. The van der Waals surface area contributed by atoms with Crippen molar-refractivity contribution in [1.82, 2.24) is 10.6 Å². The third kappa shape index (κ3) is 6.37. The molecule has 0 aromatic heterocycles. The Balaban J connectivity index is 3.48. The molecule has 0 aromatic carbocycles. The molecule has 0 radical (unpaired) electrons. The second-order valence-corrected chi connectivity index (χ2v) is 3.33. The van der Waals surface area contributed by atoms with Crippen molar-refractivity contribution < 1.29 is 14.2 Å². The molecule has 0 amide bonds. The molecule has 16 heavy (non-hydrogen) atoms. The molecule has 0 atom stereocenters. The largest absolute Gasteiger partial charge is 0.331 e. The summed E-state index contributed by atoms with van der Waals surface area (Å²) in [5, 5.41) is 6.45. The van der Waals surface area contributed by atoms with E-state index < -0.39 is 5.97 Å². The Kier molecular flexibility index (Phi) is 9.80. The Morgan fingerprint density at radius 2 is 1.38 bits per heavy atom. The number of nitrogens with one attached hydrogen (secondary N) is 2. The van der Waals surface area contributed by atoms with E-state index in [1.165, 1.54) is 0 Å². The third-order valence-electron chi connectivity index (χ3n) is 2.34. The second-order valence-electron chi connectivity index (χ2n) is 3.33. The van der Waals surface area contributed by atoms with Crippen LogP contribution in [0.1, 0.15) is 6.42 Å². The monoisotopic (exact) mass is 235 g/mol. The standard InChI is InChI=1S/C10H25N3O3/c1-14-10(15-2,16-3)4-6-12-8-9-13-7-5-11/h12-13H,4-9,11H2,1-3H3. The minimum absolute atomic E-state index is 0.632. The summed E-state index contributed by atoms with van der Waals surface area (Å²) in [6.07, 6.45) is 0.632. The summed E-state index contributed by atoms with van der Waals surface area (Å²) in [6, 6.07) is 0. The van der Waals surface area contributed by atoms with Crippen LogP contribution in [0.4, 0.5) is 0 Å². The van der Waals surface area contributed by atoms with Crippen LogP contribution in [0, 0.1) is 0 Å². The first kappa shape index (κ1) is 15.8. The maximum absolute atomic E-state index is 5.35. The summed E-state index contributed by atoms with van der Waals surface area (Å²) in [5.41, 5.74) is 5.35. The Hall–Kier alpha value is -0.240. The predicted molar refractivity (Wildman–Crippen MR) is 63.2 cm³/mol. The van der Waals surface area contributed by atoms with E-state index in [1.54, 1.807) is 21.3 Å². The maximum atomic E-state index is 5.35. The van der Waals surface area contributed by atoms with Crippen LogP contribution in [-0.2, 0) is 14.2 Å². The Bertz CT molecular complexity index is 146. The van der Waals surface area contributed by atoms with Gasteiger partial charge in [-0.1, -0.05) is 0 Å². The number of nitrogens with two attached hydrogens (primary N) is 1. The van der Waals surface area contributed by atoms with Gasteiger partial charge in [0.1, 0.15) is 0 Å². The quantitative estimate of drug-likeness (QED) is 0.318. The third-order valence-corrected chi connectivity index (χ3v) is 2.34. The number of hydrogen-bond donors (Lipinski definition) is 3. The number of hydrogen-bond acceptors (Lipinski definition) is 6. The lowest BCUT2D eigenvalue weighted by molar-refractivity contribution is -0.354. The van der Waals surface area contributed by atoms with E-state index in [2.05, 4.69) is 10.6 Å². The van der Waals surface area contributed by atoms with Gasteiger partial charge in [-0.3, -0.25) is 0 Å². The SMILES string of the molecule is COC(CCNCCNCCN)(OC)OC. The minimum Gasteiger partial charge on any atom is -0.331 e. The van der Waals surface area contributed by atoms with E-state index in [0.717, 1.165) is 26.2 Å². The maximum Gasteiger partial charge on any atom is 0.283 e. The van der Waals surface area contributed by atoms with Gasteiger partial charge in [-0.2, -0.15) is 0 Å². The summed E-state index contributed by atoms with van der Waals surface area (Å²) in [6.45, 7) is 4.06. The molecule has 0 aliphatic heterocycles. The van der Waals surface area contributed by atoms with Crippen LogP contribution in [0.5, 0.6) is 0 Å². The molecule has 0 spiro atoms. The van der Waals surface area contributed by atoms with E-state index >= 15 is 0 Å².